The molecule has 8 heteroatoms. The van der Waals surface area contributed by atoms with Crippen LogP contribution in [0, 0.1) is 0 Å². The highest BCUT2D eigenvalue weighted by Gasteiger charge is 2.30. The van der Waals surface area contributed by atoms with E-state index < -0.39 is 10.0 Å². The van der Waals surface area contributed by atoms with Gasteiger partial charge in [-0.3, -0.25) is 9.80 Å². The molecule has 1 atom stereocenters. The Morgan fingerprint density at radius 2 is 1.71 bits per heavy atom. The molecule has 35 heavy (non-hydrogen) atoms. The number of fused-ring (bicyclic) bond motifs is 1. The zero-order valence-corrected chi connectivity index (χ0v) is 22.1. The molecule has 0 saturated carbocycles. The number of nitrogens with zero attached hydrogens (tertiary/aromatic N) is 3. The van der Waals surface area contributed by atoms with Gasteiger partial charge >= 0.3 is 0 Å². The van der Waals surface area contributed by atoms with Crippen LogP contribution in [0.15, 0.2) is 47.4 Å². The zero-order valence-electron chi connectivity index (χ0n) is 21.3. The summed E-state index contributed by atoms with van der Waals surface area (Å²) >= 11 is 0. The molecule has 7 nitrogen and oxygen atoms in total. The molecule has 0 unspecified atom stereocenters. The smallest absolute Gasteiger partial charge is 0.243 e. The first-order chi connectivity index (χ1) is 17.0. The summed E-state index contributed by atoms with van der Waals surface area (Å²) in [6.45, 7) is 7.91. The third-order valence-corrected chi connectivity index (χ3v) is 9.31. The van der Waals surface area contributed by atoms with Crippen molar-refractivity contribution in [3.05, 3.63) is 53.6 Å². The van der Waals surface area contributed by atoms with E-state index in [0.29, 0.717) is 29.8 Å². The van der Waals surface area contributed by atoms with Crippen molar-refractivity contribution >= 4 is 10.0 Å². The molecule has 0 bridgehead atoms. The molecular formula is C27H39N3O4S. The Morgan fingerprint density at radius 1 is 0.971 bits per heavy atom. The predicted octanol–water partition coefficient (Wildman–Crippen LogP) is 3.28. The Labute approximate surface area is 210 Å². The normalized spacial score (nSPS) is 19.5. The summed E-state index contributed by atoms with van der Waals surface area (Å²) in [4.78, 5) is 5.38. The Balaban J connectivity index is 1.31. The number of methoxy groups -OCH3 is 2. The van der Waals surface area contributed by atoms with Crippen LogP contribution < -0.4 is 9.47 Å². The van der Waals surface area contributed by atoms with Gasteiger partial charge in [0.05, 0.1) is 19.1 Å². The van der Waals surface area contributed by atoms with Gasteiger partial charge in [0.25, 0.3) is 0 Å². The Hall–Kier alpha value is -2.13. The third-order valence-electron chi connectivity index (χ3n) is 7.39. The number of piperazine rings is 1. The van der Waals surface area contributed by atoms with Crippen LogP contribution in [0.4, 0.5) is 0 Å². The minimum absolute atomic E-state index is 0.329. The SMILES string of the molecule is CCCN(CCN1CCN(S(=O)(=O)c2ccc(OC)cc2)CC1)[C@H]1CCc2c(cccc2OC)C1. The van der Waals surface area contributed by atoms with E-state index in [1.807, 2.05) is 0 Å². The van der Waals surface area contributed by atoms with Crippen molar-refractivity contribution in [1.82, 2.24) is 14.1 Å². The van der Waals surface area contributed by atoms with Crippen molar-refractivity contribution in [3.8, 4) is 11.5 Å². The Morgan fingerprint density at radius 3 is 2.37 bits per heavy atom. The number of benzene rings is 2. The lowest BCUT2D eigenvalue weighted by atomic mass is 9.86. The van der Waals surface area contributed by atoms with Gasteiger partial charge in [-0.05, 0) is 73.7 Å². The van der Waals surface area contributed by atoms with Crippen LogP contribution in [0.2, 0.25) is 0 Å². The topological polar surface area (TPSA) is 62.3 Å². The van der Waals surface area contributed by atoms with Gasteiger partial charge in [0.2, 0.25) is 10.0 Å². The molecule has 0 amide bonds. The predicted molar refractivity (Wildman–Crippen MR) is 139 cm³/mol. The second-order valence-electron chi connectivity index (χ2n) is 9.45. The molecule has 0 aromatic heterocycles. The summed E-state index contributed by atoms with van der Waals surface area (Å²) in [7, 11) is -0.136. The molecule has 1 aliphatic heterocycles. The summed E-state index contributed by atoms with van der Waals surface area (Å²) in [6.07, 6.45) is 4.42. The maximum absolute atomic E-state index is 13.0. The number of ether oxygens (including phenoxy) is 2. The fraction of sp³-hybridized carbons (Fsp3) is 0.556. The zero-order chi connectivity index (χ0) is 24.8. The van der Waals surface area contributed by atoms with E-state index in [2.05, 4.69) is 34.9 Å². The fourth-order valence-electron chi connectivity index (χ4n) is 5.38. The first kappa shape index (κ1) is 25.9. The van der Waals surface area contributed by atoms with Gasteiger partial charge in [0, 0.05) is 45.3 Å². The molecule has 1 heterocycles. The molecule has 1 aliphatic carbocycles. The third kappa shape index (κ3) is 6.00. The van der Waals surface area contributed by atoms with Gasteiger partial charge in [-0.2, -0.15) is 4.31 Å². The number of rotatable bonds is 10. The van der Waals surface area contributed by atoms with Crippen molar-refractivity contribution in [3.63, 3.8) is 0 Å². The molecular weight excluding hydrogens is 462 g/mol. The molecule has 0 spiro atoms. The number of hydrogen-bond acceptors (Lipinski definition) is 6. The summed E-state index contributed by atoms with van der Waals surface area (Å²) in [5.41, 5.74) is 2.79. The van der Waals surface area contributed by atoms with E-state index in [4.69, 9.17) is 9.47 Å². The maximum Gasteiger partial charge on any atom is 0.243 e. The van der Waals surface area contributed by atoms with E-state index in [9.17, 15) is 8.42 Å². The monoisotopic (exact) mass is 501 g/mol. The lowest BCUT2D eigenvalue weighted by Gasteiger charge is -2.38. The van der Waals surface area contributed by atoms with E-state index >= 15 is 0 Å². The van der Waals surface area contributed by atoms with Crippen LogP contribution in [0.1, 0.15) is 30.9 Å². The molecule has 2 aliphatic rings. The molecule has 2 aromatic carbocycles. The molecule has 0 N–H and O–H groups in total. The summed E-state index contributed by atoms with van der Waals surface area (Å²) in [5, 5.41) is 0. The molecule has 4 rings (SSSR count). The number of sulfonamides is 1. The molecule has 1 saturated heterocycles. The summed E-state index contributed by atoms with van der Waals surface area (Å²) < 4.78 is 38.4. The molecule has 1 fully saturated rings. The first-order valence-electron chi connectivity index (χ1n) is 12.7. The van der Waals surface area contributed by atoms with Crippen LogP contribution in [0.3, 0.4) is 0 Å². The molecule has 192 valence electrons. The van der Waals surface area contributed by atoms with Crippen LogP contribution in [0.5, 0.6) is 11.5 Å². The van der Waals surface area contributed by atoms with Crippen molar-refractivity contribution < 1.29 is 17.9 Å². The molecule has 0 radical (unpaired) electrons. The van der Waals surface area contributed by atoms with Crippen LogP contribution in [0.25, 0.3) is 0 Å². The van der Waals surface area contributed by atoms with Crippen LogP contribution in [-0.4, -0.2) is 88.6 Å². The average molecular weight is 502 g/mol. The Kier molecular flexibility index (Phi) is 8.70. The first-order valence-corrected chi connectivity index (χ1v) is 14.2. The summed E-state index contributed by atoms with van der Waals surface area (Å²) in [5.74, 6) is 1.68. The van der Waals surface area contributed by atoms with Crippen molar-refractivity contribution in [2.45, 2.75) is 43.5 Å². The van der Waals surface area contributed by atoms with E-state index in [0.717, 1.165) is 64.2 Å². The highest BCUT2D eigenvalue weighted by molar-refractivity contribution is 7.89. The van der Waals surface area contributed by atoms with E-state index in [1.54, 1.807) is 42.8 Å². The molecule has 2 aromatic rings. The van der Waals surface area contributed by atoms with Gasteiger partial charge in [-0.1, -0.05) is 19.1 Å². The van der Waals surface area contributed by atoms with Crippen molar-refractivity contribution in [2.75, 3.05) is 60.0 Å². The second kappa shape index (κ2) is 11.7. The summed E-state index contributed by atoms with van der Waals surface area (Å²) in [6, 6.07) is 13.6. The fourth-order valence-corrected chi connectivity index (χ4v) is 6.80. The lowest BCUT2D eigenvalue weighted by Crippen LogP contribution is -2.51. The quantitative estimate of drug-likeness (QED) is 0.498. The lowest BCUT2D eigenvalue weighted by molar-refractivity contribution is 0.128. The van der Waals surface area contributed by atoms with Crippen molar-refractivity contribution in [1.29, 1.82) is 0 Å². The van der Waals surface area contributed by atoms with Gasteiger partial charge < -0.3 is 9.47 Å². The second-order valence-corrected chi connectivity index (χ2v) is 11.4. The minimum Gasteiger partial charge on any atom is -0.497 e. The average Bonchev–Trinajstić information content (AvgIpc) is 2.90. The highest BCUT2D eigenvalue weighted by Crippen LogP contribution is 2.31. The van der Waals surface area contributed by atoms with E-state index in [-0.39, 0.29) is 0 Å². The van der Waals surface area contributed by atoms with Gasteiger partial charge in [-0.15, -0.1) is 0 Å². The Bertz CT molecular complexity index is 1070. The van der Waals surface area contributed by atoms with Gasteiger partial charge in [0.15, 0.2) is 0 Å². The highest BCUT2D eigenvalue weighted by atomic mass is 32.2. The number of hydrogen-bond donors (Lipinski definition) is 0. The van der Waals surface area contributed by atoms with E-state index in [1.165, 1.54) is 11.1 Å². The van der Waals surface area contributed by atoms with Crippen LogP contribution in [-0.2, 0) is 22.9 Å². The minimum atomic E-state index is -3.47. The van der Waals surface area contributed by atoms with Gasteiger partial charge in [-0.25, -0.2) is 8.42 Å². The maximum atomic E-state index is 13.0. The van der Waals surface area contributed by atoms with Crippen LogP contribution >= 0.6 is 0 Å². The largest absolute Gasteiger partial charge is 0.497 e. The van der Waals surface area contributed by atoms with Crippen molar-refractivity contribution in [2.24, 2.45) is 0 Å². The van der Waals surface area contributed by atoms with Gasteiger partial charge in [0.1, 0.15) is 11.5 Å². The standard InChI is InChI=1S/C27H39N3O4S/c1-4-14-29(23-8-13-26-22(21-23)6-5-7-27(26)34-3)18-15-28-16-19-30(20-17-28)35(31,32)25-11-9-24(33-2)10-12-25/h5-7,9-12,23H,4,8,13-21H2,1-3H3/t23-/m0/s1.